The van der Waals surface area contributed by atoms with E-state index in [4.69, 9.17) is 33.7 Å². The van der Waals surface area contributed by atoms with E-state index < -0.39 is 5.97 Å². The molecule has 0 unspecified atom stereocenters. The molecule has 1 aromatic heterocycles. The van der Waals surface area contributed by atoms with Crippen molar-refractivity contribution < 1.29 is 14.6 Å². The van der Waals surface area contributed by atoms with Crippen molar-refractivity contribution >= 4 is 40.4 Å². The quantitative estimate of drug-likeness (QED) is 0.852. The Balaban J connectivity index is 2.82. The number of rotatable bonds is 4. The number of carboxylic acids is 1. The molecule has 1 aromatic carbocycles. The largest absolute Gasteiger partial charge is 0.495 e. The number of nitrogen functional groups attached to an aromatic ring is 1. The number of carbonyl (C=O) groups is 1. The van der Waals surface area contributed by atoms with Crippen molar-refractivity contribution in [2.75, 3.05) is 12.8 Å². The summed E-state index contributed by atoms with van der Waals surface area (Å²) in [7, 11) is 1.49. The van der Waals surface area contributed by atoms with Crippen molar-refractivity contribution in [1.82, 2.24) is 4.98 Å². The zero-order valence-electron chi connectivity index (χ0n) is 12.5. The monoisotopic (exact) mass is 352 g/mol. The number of hydrogen-bond acceptors (Lipinski definition) is 4. The van der Waals surface area contributed by atoms with E-state index in [0.29, 0.717) is 33.2 Å². The van der Waals surface area contributed by atoms with Crippen molar-refractivity contribution in [2.45, 2.75) is 6.92 Å². The van der Waals surface area contributed by atoms with Crippen LogP contribution in [0.2, 0.25) is 10.0 Å². The Morgan fingerprint density at radius 3 is 2.57 bits per heavy atom. The Morgan fingerprint density at radius 2 is 2.04 bits per heavy atom. The lowest BCUT2D eigenvalue weighted by atomic mass is 9.97. The fraction of sp³-hybridized carbons (Fsp3) is 0.125. The molecule has 5 nitrogen and oxygen atoms in total. The highest BCUT2D eigenvalue weighted by molar-refractivity contribution is 6.35. The highest BCUT2D eigenvalue weighted by Gasteiger charge is 2.20. The lowest BCUT2D eigenvalue weighted by molar-refractivity contribution is 0.0691. The first-order valence-corrected chi connectivity index (χ1v) is 7.25. The third kappa shape index (κ3) is 3.11. The van der Waals surface area contributed by atoms with Crippen molar-refractivity contribution in [2.24, 2.45) is 0 Å². The number of nitrogens with two attached hydrogens (primary N) is 1. The van der Waals surface area contributed by atoms with Crippen LogP contribution in [-0.2, 0) is 0 Å². The van der Waals surface area contributed by atoms with Crippen LogP contribution in [0.25, 0.3) is 16.8 Å². The second-order valence-corrected chi connectivity index (χ2v) is 5.63. The van der Waals surface area contributed by atoms with Crippen LogP contribution in [0.5, 0.6) is 5.75 Å². The number of anilines is 1. The molecule has 3 N–H and O–H groups in total. The number of ether oxygens (including phenoxy) is 1. The maximum atomic E-state index is 11.3. The average molecular weight is 353 g/mol. The minimum atomic E-state index is -1.26. The van der Waals surface area contributed by atoms with Gasteiger partial charge in [0.15, 0.2) is 5.69 Å². The molecular formula is C16H14Cl2N2O3. The standard InChI is InChI=1S/C16H14Cl2N2O3/c1-7(2)12-8(4-5-9(17)15(12)23-3)11-6-10(19)13(18)14(20-11)16(21)22/h4-6H,1H2,2-3H3,(H2,19,20)(H,21,22). The molecule has 0 spiro atoms. The predicted octanol–water partition coefficient (Wildman–Crippen LogP) is 4.38. The van der Waals surface area contributed by atoms with Gasteiger partial charge in [-0.1, -0.05) is 35.8 Å². The topological polar surface area (TPSA) is 85.4 Å². The van der Waals surface area contributed by atoms with Gasteiger partial charge < -0.3 is 15.6 Å². The third-order valence-corrected chi connectivity index (χ3v) is 3.90. The summed E-state index contributed by atoms with van der Waals surface area (Å²) in [6.45, 7) is 5.71. The summed E-state index contributed by atoms with van der Waals surface area (Å²) in [4.78, 5) is 15.4. The molecule has 0 saturated heterocycles. The molecule has 0 saturated carbocycles. The van der Waals surface area contributed by atoms with E-state index in [9.17, 15) is 9.90 Å². The number of hydrogen-bond donors (Lipinski definition) is 2. The SMILES string of the molecule is C=C(C)c1c(-c2cc(N)c(Cl)c(C(=O)O)n2)ccc(Cl)c1OC. The maximum absolute atomic E-state index is 11.3. The highest BCUT2D eigenvalue weighted by Crippen LogP contribution is 2.40. The van der Waals surface area contributed by atoms with Gasteiger partial charge in [-0.25, -0.2) is 9.78 Å². The van der Waals surface area contributed by atoms with Crippen LogP contribution in [0.4, 0.5) is 5.69 Å². The smallest absolute Gasteiger partial charge is 0.356 e. The molecule has 0 amide bonds. The molecule has 0 aliphatic rings. The zero-order chi connectivity index (χ0) is 17.3. The van der Waals surface area contributed by atoms with Gasteiger partial charge in [0, 0.05) is 11.1 Å². The number of carboxylic acid groups (broad SMARTS) is 1. The lowest BCUT2D eigenvalue weighted by Gasteiger charge is -2.16. The average Bonchev–Trinajstić information content (AvgIpc) is 2.49. The molecule has 120 valence electrons. The van der Waals surface area contributed by atoms with E-state index >= 15 is 0 Å². The van der Waals surface area contributed by atoms with E-state index in [-0.39, 0.29) is 16.4 Å². The van der Waals surface area contributed by atoms with E-state index in [1.54, 1.807) is 19.1 Å². The second kappa shape index (κ2) is 6.48. The highest BCUT2D eigenvalue weighted by atomic mass is 35.5. The maximum Gasteiger partial charge on any atom is 0.356 e. The summed E-state index contributed by atoms with van der Waals surface area (Å²) in [5, 5.41) is 9.53. The molecule has 0 aliphatic carbocycles. The van der Waals surface area contributed by atoms with Crippen LogP contribution in [-0.4, -0.2) is 23.2 Å². The van der Waals surface area contributed by atoms with Crippen LogP contribution in [0.1, 0.15) is 23.0 Å². The first-order valence-electron chi connectivity index (χ1n) is 6.50. The van der Waals surface area contributed by atoms with Gasteiger partial charge >= 0.3 is 5.97 Å². The van der Waals surface area contributed by atoms with Crippen LogP contribution in [0, 0.1) is 0 Å². The lowest BCUT2D eigenvalue weighted by Crippen LogP contribution is -2.06. The van der Waals surface area contributed by atoms with Gasteiger partial charge in [0.1, 0.15) is 5.75 Å². The molecule has 0 bridgehead atoms. The number of halogens is 2. The first-order chi connectivity index (χ1) is 10.8. The van der Waals surface area contributed by atoms with Crippen LogP contribution >= 0.6 is 23.2 Å². The summed E-state index contributed by atoms with van der Waals surface area (Å²) in [6.07, 6.45) is 0. The molecule has 0 fully saturated rings. The Morgan fingerprint density at radius 1 is 1.39 bits per heavy atom. The van der Waals surface area contributed by atoms with Gasteiger partial charge in [-0.05, 0) is 24.6 Å². The minimum Gasteiger partial charge on any atom is -0.495 e. The van der Waals surface area contributed by atoms with Gasteiger partial charge in [0.05, 0.1) is 28.5 Å². The fourth-order valence-corrected chi connectivity index (χ4v) is 2.64. The molecule has 1 heterocycles. The summed E-state index contributed by atoms with van der Waals surface area (Å²) >= 11 is 12.0. The number of allylic oxidation sites excluding steroid dienone is 1. The zero-order valence-corrected chi connectivity index (χ0v) is 14.0. The molecule has 7 heteroatoms. The van der Waals surface area contributed by atoms with Gasteiger partial charge in [0.25, 0.3) is 0 Å². The second-order valence-electron chi connectivity index (χ2n) is 4.85. The number of pyridine rings is 1. The molecule has 0 radical (unpaired) electrons. The summed E-state index contributed by atoms with van der Waals surface area (Å²) < 4.78 is 5.34. The van der Waals surface area contributed by atoms with Crippen LogP contribution < -0.4 is 10.5 Å². The molecule has 2 aromatic rings. The normalized spacial score (nSPS) is 10.4. The predicted molar refractivity (Wildman–Crippen MR) is 92.3 cm³/mol. The fourth-order valence-electron chi connectivity index (χ4n) is 2.22. The van der Waals surface area contributed by atoms with Crippen molar-refractivity contribution in [3.63, 3.8) is 0 Å². The van der Waals surface area contributed by atoms with Gasteiger partial charge in [-0.15, -0.1) is 0 Å². The molecule has 0 aliphatic heterocycles. The molecule has 23 heavy (non-hydrogen) atoms. The number of benzene rings is 1. The van der Waals surface area contributed by atoms with E-state index in [1.165, 1.54) is 13.2 Å². The van der Waals surface area contributed by atoms with Crippen LogP contribution in [0.3, 0.4) is 0 Å². The Bertz CT molecular complexity index is 819. The molecular weight excluding hydrogens is 339 g/mol. The van der Waals surface area contributed by atoms with Crippen molar-refractivity contribution in [3.05, 3.63) is 46.1 Å². The van der Waals surface area contributed by atoms with Crippen LogP contribution in [0.15, 0.2) is 24.8 Å². The summed E-state index contributed by atoms with van der Waals surface area (Å²) in [6, 6.07) is 4.84. The Labute approximate surface area is 143 Å². The van der Waals surface area contributed by atoms with E-state index in [1.807, 2.05) is 0 Å². The summed E-state index contributed by atoms with van der Waals surface area (Å²) in [5.41, 5.74) is 7.88. The van der Waals surface area contributed by atoms with E-state index in [0.717, 1.165) is 0 Å². The van der Waals surface area contributed by atoms with Gasteiger partial charge in [0.2, 0.25) is 0 Å². The number of aromatic nitrogens is 1. The minimum absolute atomic E-state index is 0.0981. The summed E-state index contributed by atoms with van der Waals surface area (Å²) in [5.74, 6) is -0.829. The Hall–Kier alpha value is -2.24. The third-order valence-electron chi connectivity index (χ3n) is 3.20. The Kier molecular flexibility index (Phi) is 4.82. The van der Waals surface area contributed by atoms with E-state index in [2.05, 4.69) is 11.6 Å². The number of aromatic carboxylic acids is 1. The van der Waals surface area contributed by atoms with Gasteiger partial charge in [-0.2, -0.15) is 0 Å². The number of nitrogens with zero attached hydrogens (tertiary/aromatic N) is 1. The van der Waals surface area contributed by atoms with Crippen molar-refractivity contribution in [1.29, 1.82) is 0 Å². The number of methoxy groups -OCH3 is 1. The molecule has 2 rings (SSSR count). The first kappa shape index (κ1) is 17.1. The van der Waals surface area contributed by atoms with Gasteiger partial charge in [-0.3, -0.25) is 0 Å². The molecule has 0 atom stereocenters. The van der Waals surface area contributed by atoms with Crippen molar-refractivity contribution in [3.8, 4) is 17.0 Å².